The number of aromatic nitrogens is 2. The Bertz CT molecular complexity index is 711. The summed E-state index contributed by atoms with van der Waals surface area (Å²) < 4.78 is 32.6. The van der Waals surface area contributed by atoms with Crippen LogP contribution in [0.4, 0.5) is 8.78 Å². The highest BCUT2D eigenvalue weighted by atomic mass is 19.3. The third kappa shape index (κ3) is 4.50. The Morgan fingerprint density at radius 2 is 2.04 bits per heavy atom. The minimum Gasteiger partial charge on any atom is -0.490 e. The SMILES string of the molecule is CN=C(NCc1nccn1C(F)F)N1CCC(Oc2ccccc2)CC1. The summed E-state index contributed by atoms with van der Waals surface area (Å²) in [6.45, 7) is -0.812. The van der Waals surface area contributed by atoms with Crippen LogP contribution in [0.15, 0.2) is 47.7 Å². The quantitative estimate of drug-likeness (QED) is 0.656. The molecule has 1 aromatic carbocycles. The van der Waals surface area contributed by atoms with E-state index in [2.05, 4.69) is 20.2 Å². The second-order valence-electron chi connectivity index (χ2n) is 6.05. The topological polar surface area (TPSA) is 54.7 Å². The number of hydrogen-bond donors (Lipinski definition) is 1. The number of benzene rings is 1. The molecule has 0 atom stereocenters. The van der Waals surface area contributed by atoms with E-state index >= 15 is 0 Å². The van der Waals surface area contributed by atoms with Crippen LogP contribution in [-0.4, -0.2) is 46.7 Å². The molecule has 1 aliphatic heterocycles. The molecule has 8 heteroatoms. The van der Waals surface area contributed by atoms with E-state index in [1.165, 1.54) is 12.4 Å². The zero-order valence-corrected chi connectivity index (χ0v) is 14.7. The molecule has 1 aromatic heterocycles. The first-order chi connectivity index (χ1) is 12.7. The maximum atomic E-state index is 12.9. The first kappa shape index (κ1) is 18.2. The first-order valence-corrected chi connectivity index (χ1v) is 8.64. The van der Waals surface area contributed by atoms with Gasteiger partial charge in [0.25, 0.3) is 0 Å². The van der Waals surface area contributed by atoms with Crippen molar-refractivity contribution in [2.24, 2.45) is 4.99 Å². The molecule has 0 aliphatic carbocycles. The van der Waals surface area contributed by atoms with Crippen LogP contribution in [0.1, 0.15) is 25.2 Å². The number of piperidine rings is 1. The number of nitrogens with one attached hydrogen (secondary N) is 1. The number of aliphatic imine (C=N–C) groups is 1. The molecule has 0 bridgehead atoms. The fourth-order valence-corrected chi connectivity index (χ4v) is 3.03. The van der Waals surface area contributed by atoms with Gasteiger partial charge in [-0.2, -0.15) is 8.78 Å². The zero-order valence-electron chi connectivity index (χ0n) is 14.7. The summed E-state index contributed by atoms with van der Waals surface area (Å²) in [6, 6.07) is 9.79. The molecule has 1 saturated heterocycles. The fraction of sp³-hybridized carbons (Fsp3) is 0.444. The summed E-state index contributed by atoms with van der Waals surface area (Å²) in [5, 5.41) is 3.12. The number of para-hydroxylation sites is 1. The molecule has 2 heterocycles. The number of ether oxygens (including phenoxy) is 1. The van der Waals surface area contributed by atoms with E-state index in [0.29, 0.717) is 5.96 Å². The van der Waals surface area contributed by atoms with Gasteiger partial charge >= 0.3 is 6.55 Å². The maximum absolute atomic E-state index is 12.9. The smallest absolute Gasteiger partial charge is 0.319 e. The van der Waals surface area contributed by atoms with Crippen molar-refractivity contribution in [2.75, 3.05) is 20.1 Å². The van der Waals surface area contributed by atoms with E-state index in [0.717, 1.165) is 36.2 Å². The number of alkyl halides is 2. The molecule has 1 N–H and O–H groups in total. The molecule has 2 aromatic rings. The Balaban J connectivity index is 1.50. The van der Waals surface area contributed by atoms with Crippen LogP contribution in [0.3, 0.4) is 0 Å². The van der Waals surface area contributed by atoms with Gasteiger partial charge in [0.2, 0.25) is 0 Å². The zero-order chi connectivity index (χ0) is 18.4. The molecule has 0 amide bonds. The number of guanidine groups is 1. The van der Waals surface area contributed by atoms with Gasteiger partial charge in [-0.3, -0.25) is 9.56 Å². The van der Waals surface area contributed by atoms with Gasteiger partial charge in [-0.1, -0.05) is 18.2 Å². The Morgan fingerprint density at radius 3 is 2.69 bits per heavy atom. The Hall–Kier alpha value is -2.64. The van der Waals surface area contributed by atoms with Crippen molar-refractivity contribution in [2.45, 2.75) is 32.0 Å². The van der Waals surface area contributed by atoms with Crippen LogP contribution >= 0.6 is 0 Å². The van der Waals surface area contributed by atoms with Crippen LogP contribution in [-0.2, 0) is 6.54 Å². The second kappa shape index (κ2) is 8.64. The fourth-order valence-electron chi connectivity index (χ4n) is 3.03. The lowest BCUT2D eigenvalue weighted by atomic mass is 10.1. The lowest BCUT2D eigenvalue weighted by molar-refractivity contribution is 0.0667. The van der Waals surface area contributed by atoms with Gasteiger partial charge in [-0.05, 0) is 12.1 Å². The summed E-state index contributed by atoms with van der Waals surface area (Å²) in [4.78, 5) is 10.3. The molecule has 26 heavy (non-hydrogen) atoms. The molecule has 1 fully saturated rings. The van der Waals surface area contributed by atoms with Crippen LogP contribution in [0.25, 0.3) is 0 Å². The van der Waals surface area contributed by atoms with Gasteiger partial charge < -0.3 is 15.0 Å². The number of imidazole rings is 1. The van der Waals surface area contributed by atoms with Crippen molar-refractivity contribution in [1.82, 2.24) is 19.8 Å². The lowest BCUT2D eigenvalue weighted by Crippen LogP contribution is -2.47. The minimum atomic E-state index is -2.60. The number of rotatable bonds is 5. The average molecular weight is 363 g/mol. The van der Waals surface area contributed by atoms with Crippen molar-refractivity contribution in [3.8, 4) is 5.75 Å². The van der Waals surface area contributed by atoms with Crippen LogP contribution < -0.4 is 10.1 Å². The lowest BCUT2D eigenvalue weighted by Gasteiger charge is -2.34. The van der Waals surface area contributed by atoms with Crippen LogP contribution in [0, 0.1) is 0 Å². The Labute approximate surface area is 151 Å². The monoisotopic (exact) mass is 363 g/mol. The molecule has 1 aliphatic rings. The van der Waals surface area contributed by atoms with Crippen molar-refractivity contribution in [1.29, 1.82) is 0 Å². The summed E-state index contributed by atoms with van der Waals surface area (Å²) in [5.41, 5.74) is 0. The van der Waals surface area contributed by atoms with Crippen molar-refractivity contribution >= 4 is 5.96 Å². The van der Waals surface area contributed by atoms with Gasteiger partial charge in [0.1, 0.15) is 17.7 Å². The molecule has 0 spiro atoms. The molecule has 140 valence electrons. The van der Waals surface area contributed by atoms with E-state index in [9.17, 15) is 8.78 Å². The van der Waals surface area contributed by atoms with Gasteiger partial charge in [0, 0.05) is 45.4 Å². The van der Waals surface area contributed by atoms with E-state index in [4.69, 9.17) is 4.74 Å². The second-order valence-corrected chi connectivity index (χ2v) is 6.05. The number of likely N-dealkylation sites (tertiary alicyclic amines) is 1. The van der Waals surface area contributed by atoms with E-state index in [1.54, 1.807) is 7.05 Å². The van der Waals surface area contributed by atoms with Gasteiger partial charge in [0.05, 0.1) is 6.54 Å². The first-order valence-electron chi connectivity index (χ1n) is 8.64. The van der Waals surface area contributed by atoms with Crippen LogP contribution in [0.5, 0.6) is 5.75 Å². The predicted molar refractivity (Wildman–Crippen MR) is 95.3 cm³/mol. The highest BCUT2D eigenvalue weighted by molar-refractivity contribution is 5.79. The highest BCUT2D eigenvalue weighted by Gasteiger charge is 2.23. The average Bonchev–Trinajstić information content (AvgIpc) is 3.13. The molecule has 6 nitrogen and oxygen atoms in total. The van der Waals surface area contributed by atoms with E-state index in [-0.39, 0.29) is 18.5 Å². The molecule has 0 radical (unpaired) electrons. The largest absolute Gasteiger partial charge is 0.490 e. The molecular weight excluding hydrogens is 340 g/mol. The molecule has 3 rings (SSSR count). The van der Waals surface area contributed by atoms with Crippen LogP contribution in [0.2, 0.25) is 0 Å². The van der Waals surface area contributed by atoms with Gasteiger partial charge in [0.15, 0.2) is 5.96 Å². The summed E-state index contributed by atoms with van der Waals surface area (Å²) in [6.07, 6.45) is 4.57. The number of hydrogen-bond acceptors (Lipinski definition) is 3. The third-order valence-electron chi connectivity index (χ3n) is 4.36. The molecule has 0 saturated carbocycles. The van der Waals surface area contributed by atoms with Crippen molar-refractivity contribution in [3.63, 3.8) is 0 Å². The summed E-state index contributed by atoms with van der Waals surface area (Å²) in [7, 11) is 1.69. The molecular formula is C18H23F2N5O. The minimum absolute atomic E-state index is 0.171. The Morgan fingerprint density at radius 1 is 1.31 bits per heavy atom. The normalized spacial score (nSPS) is 16.2. The number of halogens is 2. The Kier molecular flexibility index (Phi) is 6.04. The van der Waals surface area contributed by atoms with Gasteiger partial charge in [-0.25, -0.2) is 4.98 Å². The van der Waals surface area contributed by atoms with E-state index in [1.807, 2.05) is 30.3 Å². The standard InChI is InChI=1S/C18H23F2N5O/c1-21-18(23-13-16-22-9-12-25(16)17(19)20)24-10-7-15(8-11-24)26-14-5-3-2-4-6-14/h2-6,9,12,15,17H,7-8,10-11,13H2,1H3,(H,21,23). The highest BCUT2D eigenvalue weighted by Crippen LogP contribution is 2.19. The third-order valence-corrected chi connectivity index (χ3v) is 4.36. The number of nitrogens with zero attached hydrogens (tertiary/aromatic N) is 4. The van der Waals surface area contributed by atoms with Gasteiger partial charge in [-0.15, -0.1) is 0 Å². The van der Waals surface area contributed by atoms with Crippen molar-refractivity contribution < 1.29 is 13.5 Å². The predicted octanol–water partition coefficient (Wildman–Crippen LogP) is 2.90. The van der Waals surface area contributed by atoms with E-state index < -0.39 is 6.55 Å². The summed E-state index contributed by atoms with van der Waals surface area (Å²) >= 11 is 0. The molecule has 0 unspecified atom stereocenters. The summed E-state index contributed by atoms with van der Waals surface area (Å²) in [5.74, 6) is 1.85. The maximum Gasteiger partial charge on any atom is 0.319 e. The van der Waals surface area contributed by atoms with Crippen molar-refractivity contribution in [3.05, 3.63) is 48.5 Å².